The minimum atomic E-state index is -0.231. The number of aryl methyl sites for hydroxylation is 2. The van der Waals surface area contributed by atoms with E-state index >= 15 is 0 Å². The lowest BCUT2D eigenvalue weighted by Crippen LogP contribution is -2.24. The van der Waals surface area contributed by atoms with Crippen molar-refractivity contribution >= 4 is 17.2 Å². The number of carbonyl (C=O) groups excluding carboxylic acids is 1. The molecule has 20 heavy (non-hydrogen) atoms. The molecule has 1 heterocycles. The molecule has 0 bridgehead atoms. The van der Waals surface area contributed by atoms with E-state index in [1.807, 2.05) is 6.07 Å². The topological polar surface area (TPSA) is 29.1 Å². The number of fused-ring (bicyclic) bond motifs is 1. The number of nitrogens with one attached hydrogen (secondary N) is 1. The lowest BCUT2D eigenvalue weighted by molar-refractivity contribution is 0.0958. The van der Waals surface area contributed by atoms with E-state index in [2.05, 4.69) is 5.32 Å². The minimum absolute atomic E-state index is 0.00603. The van der Waals surface area contributed by atoms with Crippen LogP contribution in [0.1, 0.15) is 32.1 Å². The Hall–Kier alpha value is -1.68. The summed E-state index contributed by atoms with van der Waals surface area (Å²) in [7, 11) is 0. The zero-order chi connectivity index (χ0) is 13.9. The van der Waals surface area contributed by atoms with Crippen LogP contribution < -0.4 is 5.32 Å². The van der Waals surface area contributed by atoms with Crippen LogP contribution in [0.4, 0.5) is 4.39 Å². The Morgan fingerprint density at radius 1 is 1.25 bits per heavy atom. The lowest BCUT2D eigenvalue weighted by Gasteiger charge is -2.04. The first-order valence-electron chi connectivity index (χ1n) is 6.86. The van der Waals surface area contributed by atoms with Crippen LogP contribution in [-0.2, 0) is 19.3 Å². The van der Waals surface area contributed by atoms with Crippen LogP contribution in [0.5, 0.6) is 0 Å². The molecule has 0 aliphatic heterocycles. The van der Waals surface area contributed by atoms with E-state index in [4.69, 9.17) is 0 Å². The van der Waals surface area contributed by atoms with Gasteiger partial charge in [0.2, 0.25) is 0 Å². The fourth-order valence-corrected chi connectivity index (χ4v) is 3.67. The number of hydrogen-bond donors (Lipinski definition) is 1. The molecule has 2 nitrogen and oxygen atoms in total. The van der Waals surface area contributed by atoms with Crippen molar-refractivity contribution in [3.05, 3.63) is 57.0 Å². The summed E-state index contributed by atoms with van der Waals surface area (Å²) in [5, 5.41) is 2.93. The van der Waals surface area contributed by atoms with Gasteiger partial charge >= 0.3 is 0 Å². The third kappa shape index (κ3) is 2.90. The van der Waals surface area contributed by atoms with E-state index < -0.39 is 0 Å². The van der Waals surface area contributed by atoms with Crippen LogP contribution in [0.3, 0.4) is 0 Å². The zero-order valence-electron chi connectivity index (χ0n) is 11.1. The van der Waals surface area contributed by atoms with Crippen molar-refractivity contribution < 1.29 is 9.18 Å². The number of hydrogen-bond acceptors (Lipinski definition) is 2. The molecule has 0 unspecified atom stereocenters. The van der Waals surface area contributed by atoms with Crippen LogP contribution >= 0.6 is 11.3 Å². The van der Waals surface area contributed by atoms with Crippen LogP contribution in [-0.4, -0.2) is 12.5 Å². The van der Waals surface area contributed by atoms with Gasteiger partial charge in [0, 0.05) is 11.4 Å². The van der Waals surface area contributed by atoms with E-state index in [1.54, 1.807) is 23.5 Å². The lowest BCUT2D eigenvalue weighted by atomic mass is 10.1. The van der Waals surface area contributed by atoms with Crippen LogP contribution in [0.25, 0.3) is 0 Å². The van der Waals surface area contributed by atoms with Gasteiger partial charge in [-0.25, -0.2) is 4.39 Å². The van der Waals surface area contributed by atoms with Gasteiger partial charge in [-0.1, -0.05) is 12.1 Å². The summed E-state index contributed by atoms with van der Waals surface area (Å²) < 4.78 is 12.8. The first-order valence-corrected chi connectivity index (χ1v) is 7.68. The summed E-state index contributed by atoms with van der Waals surface area (Å²) in [4.78, 5) is 14.2. The second-order valence-electron chi connectivity index (χ2n) is 5.04. The third-order valence-electron chi connectivity index (χ3n) is 3.58. The molecule has 0 radical (unpaired) electrons. The SMILES string of the molecule is O=C(NCCc1ccc(F)cc1)c1cc2c(s1)CCC2. The van der Waals surface area contributed by atoms with Gasteiger partial charge in [0.15, 0.2) is 0 Å². The fourth-order valence-electron chi connectivity index (χ4n) is 2.50. The third-order valence-corrected chi connectivity index (χ3v) is 4.82. The quantitative estimate of drug-likeness (QED) is 0.919. The summed E-state index contributed by atoms with van der Waals surface area (Å²) in [5.41, 5.74) is 2.37. The molecule has 1 N–H and O–H groups in total. The Labute approximate surface area is 121 Å². The molecule has 0 saturated heterocycles. The Balaban J connectivity index is 1.52. The molecular weight excluding hydrogens is 273 g/mol. The van der Waals surface area contributed by atoms with E-state index in [0.29, 0.717) is 6.54 Å². The van der Waals surface area contributed by atoms with E-state index in [-0.39, 0.29) is 11.7 Å². The zero-order valence-corrected chi connectivity index (χ0v) is 11.9. The smallest absolute Gasteiger partial charge is 0.261 e. The monoisotopic (exact) mass is 289 g/mol. The summed E-state index contributed by atoms with van der Waals surface area (Å²) >= 11 is 1.62. The molecule has 2 aromatic rings. The fraction of sp³-hybridized carbons (Fsp3) is 0.312. The van der Waals surface area contributed by atoms with Gasteiger partial charge in [-0.3, -0.25) is 4.79 Å². The largest absolute Gasteiger partial charge is 0.351 e. The highest BCUT2D eigenvalue weighted by atomic mass is 32.1. The Kier molecular flexibility index (Phi) is 3.83. The van der Waals surface area contributed by atoms with Gasteiger partial charge in [-0.15, -0.1) is 11.3 Å². The number of thiophene rings is 1. The number of benzene rings is 1. The number of rotatable bonds is 4. The van der Waals surface area contributed by atoms with Gasteiger partial charge in [0.25, 0.3) is 5.91 Å². The molecule has 1 aromatic carbocycles. The van der Waals surface area contributed by atoms with Crippen LogP contribution in [0.2, 0.25) is 0 Å². The summed E-state index contributed by atoms with van der Waals surface area (Å²) in [6, 6.07) is 8.42. The maximum Gasteiger partial charge on any atom is 0.261 e. The highest BCUT2D eigenvalue weighted by Gasteiger charge is 2.17. The molecular formula is C16H16FNOS. The molecule has 3 rings (SSSR count). The van der Waals surface area contributed by atoms with Crippen LogP contribution in [0.15, 0.2) is 30.3 Å². The van der Waals surface area contributed by atoms with Crippen molar-refractivity contribution in [2.24, 2.45) is 0 Å². The van der Waals surface area contributed by atoms with Crippen LogP contribution in [0, 0.1) is 5.82 Å². The predicted molar refractivity (Wildman–Crippen MR) is 78.8 cm³/mol. The molecule has 0 fully saturated rings. The standard InChI is InChI=1S/C16H16FNOS/c17-13-6-4-11(5-7-13)8-9-18-16(19)15-10-12-2-1-3-14(12)20-15/h4-7,10H,1-3,8-9H2,(H,18,19). The Morgan fingerprint density at radius 3 is 2.80 bits per heavy atom. The summed E-state index contributed by atoms with van der Waals surface area (Å²) in [6.45, 7) is 0.576. The molecule has 0 saturated carbocycles. The van der Waals surface area contributed by atoms with Crippen molar-refractivity contribution in [3.63, 3.8) is 0 Å². The Morgan fingerprint density at radius 2 is 2.05 bits per heavy atom. The Bertz CT molecular complexity index is 596. The summed E-state index contributed by atoms with van der Waals surface area (Å²) in [5.74, 6) is -0.225. The number of amides is 1. The average Bonchev–Trinajstić information content (AvgIpc) is 3.02. The van der Waals surface area contributed by atoms with E-state index in [9.17, 15) is 9.18 Å². The number of halogens is 1. The minimum Gasteiger partial charge on any atom is -0.351 e. The first kappa shape index (κ1) is 13.3. The molecule has 1 aliphatic rings. The molecule has 0 spiro atoms. The van der Waals surface area contributed by atoms with Gasteiger partial charge in [-0.2, -0.15) is 0 Å². The highest BCUT2D eigenvalue weighted by Crippen LogP contribution is 2.30. The molecule has 4 heteroatoms. The maximum atomic E-state index is 12.8. The molecule has 1 aromatic heterocycles. The van der Waals surface area contributed by atoms with Crippen molar-refractivity contribution in [3.8, 4) is 0 Å². The van der Waals surface area contributed by atoms with Crippen molar-refractivity contribution in [2.75, 3.05) is 6.54 Å². The molecule has 104 valence electrons. The van der Waals surface area contributed by atoms with Gasteiger partial charge in [0.1, 0.15) is 5.82 Å². The second kappa shape index (κ2) is 5.75. The average molecular weight is 289 g/mol. The first-order chi connectivity index (χ1) is 9.72. The van der Waals surface area contributed by atoms with Crippen molar-refractivity contribution in [2.45, 2.75) is 25.7 Å². The molecule has 1 amide bonds. The molecule has 0 atom stereocenters. The summed E-state index contributed by atoms with van der Waals surface area (Å²) in [6.07, 6.45) is 4.16. The van der Waals surface area contributed by atoms with Crippen molar-refractivity contribution in [1.82, 2.24) is 5.32 Å². The maximum absolute atomic E-state index is 12.8. The highest BCUT2D eigenvalue weighted by molar-refractivity contribution is 7.14. The van der Waals surface area contributed by atoms with E-state index in [1.165, 1.54) is 29.0 Å². The molecule has 1 aliphatic carbocycles. The normalized spacial score (nSPS) is 13.2. The predicted octanol–water partition coefficient (Wildman–Crippen LogP) is 3.35. The van der Waals surface area contributed by atoms with Gasteiger partial charge < -0.3 is 5.32 Å². The van der Waals surface area contributed by atoms with Crippen molar-refractivity contribution in [1.29, 1.82) is 0 Å². The van der Waals surface area contributed by atoms with Gasteiger partial charge in [-0.05, 0) is 55.0 Å². The number of carbonyl (C=O) groups is 1. The second-order valence-corrected chi connectivity index (χ2v) is 6.18. The van der Waals surface area contributed by atoms with Gasteiger partial charge in [0.05, 0.1) is 4.88 Å². The van der Waals surface area contributed by atoms with E-state index in [0.717, 1.165) is 29.7 Å².